The minimum Gasteiger partial charge on any atom is -0.466 e. The van der Waals surface area contributed by atoms with Crippen LogP contribution in [-0.2, 0) is 9.53 Å². The Morgan fingerprint density at radius 1 is 0.529 bits per heavy atom. The first kappa shape index (κ1) is 33.2. The average Bonchev–Trinajstić information content (AvgIpc) is 2.84. The number of carbonyl (C=O) groups is 1. The first-order valence-corrected chi connectivity index (χ1v) is 15.6. The molecule has 0 aliphatic rings. The molecule has 0 N–H and O–H groups in total. The van der Waals surface area contributed by atoms with Crippen LogP contribution in [0.5, 0.6) is 0 Å². The molecule has 0 saturated carbocycles. The second-order valence-corrected chi connectivity index (χ2v) is 10.5. The van der Waals surface area contributed by atoms with Crippen LogP contribution < -0.4 is 0 Å². The zero-order chi connectivity index (χ0) is 24.8. The first-order valence-electron chi connectivity index (χ1n) is 15.6. The van der Waals surface area contributed by atoms with Gasteiger partial charge in [-0.15, -0.1) is 0 Å². The molecule has 0 rings (SSSR count). The SMILES string of the molecule is C/C=C/CCCOC(=O)CCCCCCCCCCCCCCCCCCCCCCCCC. The molecule has 0 unspecified atom stereocenters. The van der Waals surface area contributed by atoms with E-state index >= 15 is 0 Å². The number of ether oxygens (including phenoxy) is 1. The Hall–Kier alpha value is -0.790. The van der Waals surface area contributed by atoms with E-state index in [0.717, 1.165) is 19.3 Å². The maximum absolute atomic E-state index is 11.7. The normalized spacial score (nSPS) is 11.5. The molecule has 0 aliphatic carbocycles. The molecule has 202 valence electrons. The van der Waals surface area contributed by atoms with Crippen molar-refractivity contribution in [1.29, 1.82) is 0 Å². The second kappa shape index (κ2) is 30.2. The molecule has 0 aromatic heterocycles. The van der Waals surface area contributed by atoms with Crippen molar-refractivity contribution in [3.8, 4) is 0 Å². The summed E-state index contributed by atoms with van der Waals surface area (Å²) >= 11 is 0. The van der Waals surface area contributed by atoms with Crippen molar-refractivity contribution >= 4 is 5.97 Å². The maximum atomic E-state index is 11.7. The maximum Gasteiger partial charge on any atom is 0.305 e. The molecule has 0 aliphatic heterocycles. The summed E-state index contributed by atoms with van der Waals surface area (Å²) in [6, 6.07) is 0. The van der Waals surface area contributed by atoms with Gasteiger partial charge in [0.2, 0.25) is 0 Å². The predicted molar refractivity (Wildman–Crippen MR) is 151 cm³/mol. The van der Waals surface area contributed by atoms with Gasteiger partial charge in [-0.3, -0.25) is 4.79 Å². The van der Waals surface area contributed by atoms with Gasteiger partial charge in [0.05, 0.1) is 6.61 Å². The fourth-order valence-corrected chi connectivity index (χ4v) is 4.68. The van der Waals surface area contributed by atoms with E-state index < -0.39 is 0 Å². The van der Waals surface area contributed by atoms with Gasteiger partial charge in [0.25, 0.3) is 0 Å². The Labute approximate surface area is 215 Å². The van der Waals surface area contributed by atoms with Crippen LogP contribution in [0.4, 0.5) is 0 Å². The minimum absolute atomic E-state index is 0.0102. The molecule has 0 radical (unpaired) electrons. The van der Waals surface area contributed by atoms with Crippen molar-refractivity contribution in [2.45, 2.75) is 181 Å². The van der Waals surface area contributed by atoms with E-state index in [1.54, 1.807) is 0 Å². The van der Waals surface area contributed by atoms with Gasteiger partial charge in [-0.25, -0.2) is 0 Å². The van der Waals surface area contributed by atoms with E-state index in [2.05, 4.69) is 13.0 Å². The smallest absolute Gasteiger partial charge is 0.305 e. The van der Waals surface area contributed by atoms with Crippen molar-refractivity contribution in [3.63, 3.8) is 0 Å². The third kappa shape index (κ3) is 29.2. The summed E-state index contributed by atoms with van der Waals surface area (Å²) in [5, 5.41) is 0. The number of carbonyl (C=O) groups excluding carboxylic acids is 1. The lowest BCUT2D eigenvalue weighted by atomic mass is 10.0. The van der Waals surface area contributed by atoms with Gasteiger partial charge in [0.1, 0.15) is 0 Å². The molecule has 0 spiro atoms. The molecule has 0 bridgehead atoms. The van der Waals surface area contributed by atoms with Crippen molar-refractivity contribution < 1.29 is 9.53 Å². The van der Waals surface area contributed by atoms with Crippen molar-refractivity contribution in [3.05, 3.63) is 12.2 Å². The van der Waals surface area contributed by atoms with E-state index in [4.69, 9.17) is 4.74 Å². The zero-order valence-electron chi connectivity index (χ0n) is 23.6. The van der Waals surface area contributed by atoms with Gasteiger partial charge < -0.3 is 4.74 Å². The number of unbranched alkanes of at least 4 members (excludes halogenated alkanes) is 23. The van der Waals surface area contributed by atoms with Crippen LogP contribution in [-0.4, -0.2) is 12.6 Å². The number of hydrogen-bond donors (Lipinski definition) is 0. The zero-order valence-corrected chi connectivity index (χ0v) is 23.6. The summed E-state index contributed by atoms with van der Waals surface area (Å²) in [5.74, 6) is -0.0102. The van der Waals surface area contributed by atoms with E-state index in [0.29, 0.717) is 13.0 Å². The van der Waals surface area contributed by atoms with Gasteiger partial charge in [0.15, 0.2) is 0 Å². The number of hydrogen-bond acceptors (Lipinski definition) is 2. The van der Waals surface area contributed by atoms with Crippen LogP contribution in [0, 0.1) is 0 Å². The minimum atomic E-state index is -0.0102. The van der Waals surface area contributed by atoms with Crippen molar-refractivity contribution in [1.82, 2.24) is 0 Å². The standard InChI is InChI=1S/C32H62O2/c1-3-5-7-9-10-11-12-13-14-15-16-17-18-19-20-21-22-23-24-25-26-27-28-30-32(33)34-31-29-8-6-4-2/h4,6H,3,5,7-31H2,1-2H3/b6-4+. The molecule has 0 aromatic carbocycles. The summed E-state index contributed by atoms with van der Waals surface area (Å²) < 4.78 is 5.27. The summed E-state index contributed by atoms with van der Waals surface area (Å²) in [6.07, 6.45) is 38.9. The Balaban J connectivity index is 3.09. The van der Waals surface area contributed by atoms with Gasteiger partial charge in [-0.1, -0.05) is 160 Å². The Morgan fingerprint density at radius 3 is 1.24 bits per heavy atom. The fraction of sp³-hybridized carbons (Fsp3) is 0.906. The number of rotatable bonds is 28. The van der Waals surface area contributed by atoms with Crippen LogP contribution in [0.1, 0.15) is 181 Å². The summed E-state index contributed by atoms with van der Waals surface area (Å²) in [7, 11) is 0. The largest absolute Gasteiger partial charge is 0.466 e. The summed E-state index contributed by atoms with van der Waals surface area (Å²) in [6.45, 7) is 4.89. The average molecular weight is 479 g/mol. The predicted octanol–water partition coefficient (Wildman–Crippen LogP) is 11.3. The Bertz CT molecular complexity index is 415. The molecule has 0 fully saturated rings. The van der Waals surface area contributed by atoms with E-state index in [-0.39, 0.29) is 5.97 Å². The third-order valence-electron chi connectivity index (χ3n) is 7.00. The van der Waals surface area contributed by atoms with Gasteiger partial charge >= 0.3 is 5.97 Å². The van der Waals surface area contributed by atoms with Crippen molar-refractivity contribution in [2.24, 2.45) is 0 Å². The lowest BCUT2D eigenvalue weighted by Gasteiger charge is -2.05. The lowest BCUT2D eigenvalue weighted by molar-refractivity contribution is -0.143. The fourth-order valence-electron chi connectivity index (χ4n) is 4.68. The van der Waals surface area contributed by atoms with Crippen LogP contribution in [0.3, 0.4) is 0 Å². The molecular formula is C32H62O2. The highest BCUT2D eigenvalue weighted by Crippen LogP contribution is 2.15. The van der Waals surface area contributed by atoms with E-state index in [1.807, 2.05) is 13.0 Å². The molecule has 0 atom stereocenters. The molecule has 0 amide bonds. The van der Waals surface area contributed by atoms with Gasteiger partial charge in [-0.2, -0.15) is 0 Å². The highest BCUT2D eigenvalue weighted by Gasteiger charge is 2.02. The van der Waals surface area contributed by atoms with Gasteiger partial charge in [0, 0.05) is 6.42 Å². The van der Waals surface area contributed by atoms with Crippen LogP contribution >= 0.6 is 0 Å². The monoisotopic (exact) mass is 478 g/mol. The first-order chi connectivity index (χ1) is 16.8. The van der Waals surface area contributed by atoms with Crippen molar-refractivity contribution in [2.75, 3.05) is 6.61 Å². The van der Waals surface area contributed by atoms with Crippen LogP contribution in [0.25, 0.3) is 0 Å². The van der Waals surface area contributed by atoms with Crippen LogP contribution in [0.15, 0.2) is 12.2 Å². The van der Waals surface area contributed by atoms with E-state index in [9.17, 15) is 4.79 Å². The highest BCUT2D eigenvalue weighted by atomic mass is 16.5. The summed E-state index contributed by atoms with van der Waals surface area (Å²) in [4.78, 5) is 11.7. The molecule has 2 heteroatoms. The Morgan fingerprint density at radius 2 is 0.882 bits per heavy atom. The topological polar surface area (TPSA) is 26.3 Å². The third-order valence-corrected chi connectivity index (χ3v) is 7.00. The van der Waals surface area contributed by atoms with Crippen LogP contribution in [0.2, 0.25) is 0 Å². The molecule has 0 aromatic rings. The number of esters is 1. The molecule has 34 heavy (non-hydrogen) atoms. The highest BCUT2D eigenvalue weighted by molar-refractivity contribution is 5.69. The quantitative estimate of drug-likeness (QED) is 0.0634. The molecule has 0 saturated heterocycles. The molecule has 0 heterocycles. The molecule has 2 nitrogen and oxygen atoms in total. The van der Waals surface area contributed by atoms with E-state index in [1.165, 1.54) is 141 Å². The molecular weight excluding hydrogens is 416 g/mol. The second-order valence-electron chi connectivity index (χ2n) is 10.5. The lowest BCUT2D eigenvalue weighted by Crippen LogP contribution is -2.05. The van der Waals surface area contributed by atoms with Gasteiger partial charge in [-0.05, 0) is 26.2 Å². The summed E-state index contributed by atoms with van der Waals surface area (Å²) in [5.41, 5.74) is 0. The Kier molecular flexibility index (Phi) is 29.5. The number of allylic oxidation sites excluding steroid dienone is 2.